The lowest BCUT2D eigenvalue weighted by Crippen LogP contribution is -1.85. The standard InChI is InChI=1S/C7H7NO.C2H6/c1-6-2-3-8-4-7(6)5-9;1-2/h2-5H,1H3;1-2H3. The number of rotatable bonds is 1. The van der Waals surface area contributed by atoms with Crippen LogP contribution in [0.3, 0.4) is 0 Å². The summed E-state index contributed by atoms with van der Waals surface area (Å²) in [6, 6.07) is 1.81. The van der Waals surface area contributed by atoms with Crippen molar-refractivity contribution in [2.24, 2.45) is 0 Å². The third-order valence-corrected chi connectivity index (χ3v) is 1.21. The predicted octanol–water partition coefficient (Wildman–Crippen LogP) is 2.23. The Labute approximate surface area is 67.3 Å². The lowest BCUT2D eigenvalue weighted by Gasteiger charge is -1.91. The molecule has 0 unspecified atom stereocenters. The van der Waals surface area contributed by atoms with Gasteiger partial charge in [0, 0.05) is 18.0 Å². The Morgan fingerprint density at radius 3 is 2.45 bits per heavy atom. The lowest BCUT2D eigenvalue weighted by molar-refractivity contribution is 0.112. The number of aldehydes is 1. The number of aryl methyl sites for hydroxylation is 1. The Bertz CT molecular complexity index is 221. The number of hydrogen-bond donors (Lipinski definition) is 0. The summed E-state index contributed by atoms with van der Waals surface area (Å²) in [5.74, 6) is 0. The summed E-state index contributed by atoms with van der Waals surface area (Å²) in [6.45, 7) is 5.88. The highest BCUT2D eigenvalue weighted by Crippen LogP contribution is 1.99. The van der Waals surface area contributed by atoms with E-state index in [0.717, 1.165) is 11.8 Å². The van der Waals surface area contributed by atoms with E-state index in [4.69, 9.17) is 0 Å². The number of carbonyl (C=O) groups excluding carboxylic acids is 1. The summed E-state index contributed by atoms with van der Waals surface area (Å²) in [5, 5.41) is 0. The molecule has 0 N–H and O–H groups in total. The molecule has 0 aliphatic rings. The Balaban J connectivity index is 0.000000461. The average Bonchev–Trinajstić information content (AvgIpc) is 2.09. The zero-order valence-corrected chi connectivity index (χ0v) is 7.16. The van der Waals surface area contributed by atoms with Crippen molar-refractivity contribution in [2.45, 2.75) is 20.8 Å². The maximum absolute atomic E-state index is 10.2. The molecule has 0 aliphatic carbocycles. The van der Waals surface area contributed by atoms with E-state index < -0.39 is 0 Å². The van der Waals surface area contributed by atoms with Gasteiger partial charge in [-0.15, -0.1) is 0 Å². The van der Waals surface area contributed by atoms with Crippen molar-refractivity contribution < 1.29 is 4.79 Å². The van der Waals surface area contributed by atoms with Crippen LogP contribution in [-0.4, -0.2) is 11.3 Å². The second-order valence-electron chi connectivity index (χ2n) is 1.85. The molecule has 0 saturated carbocycles. The first-order valence-electron chi connectivity index (χ1n) is 3.70. The first-order chi connectivity index (χ1) is 5.34. The number of pyridine rings is 1. The molecular weight excluding hydrogens is 138 g/mol. The zero-order chi connectivity index (χ0) is 8.69. The quantitative estimate of drug-likeness (QED) is 0.576. The minimum Gasteiger partial charge on any atom is -0.298 e. The first-order valence-corrected chi connectivity index (χ1v) is 3.70. The second-order valence-corrected chi connectivity index (χ2v) is 1.85. The third kappa shape index (κ3) is 2.94. The Morgan fingerprint density at radius 2 is 2.09 bits per heavy atom. The van der Waals surface area contributed by atoms with Crippen LogP contribution in [0.1, 0.15) is 29.8 Å². The molecule has 0 saturated heterocycles. The highest BCUT2D eigenvalue weighted by atomic mass is 16.1. The molecule has 1 heterocycles. The number of hydrogen-bond acceptors (Lipinski definition) is 2. The van der Waals surface area contributed by atoms with Crippen molar-refractivity contribution in [2.75, 3.05) is 0 Å². The maximum atomic E-state index is 10.2. The molecule has 0 aromatic carbocycles. The summed E-state index contributed by atoms with van der Waals surface area (Å²) in [6.07, 6.45) is 4.03. The van der Waals surface area contributed by atoms with Crippen molar-refractivity contribution in [1.29, 1.82) is 0 Å². The van der Waals surface area contributed by atoms with Crippen molar-refractivity contribution in [3.05, 3.63) is 29.6 Å². The van der Waals surface area contributed by atoms with Gasteiger partial charge in [-0.1, -0.05) is 13.8 Å². The van der Waals surface area contributed by atoms with Crippen LogP contribution in [0.4, 0.5) is 0 Å². The number of carbonyl (C=O) groups is 1. The maximum Gasteiger partial charge on any atom is 0.151 e. The molecule has 0 spiro atoms. The lowest BCUT2D eigenvalue weighted by atomic mass is 10.2. The molecule has 60 valence electrons. The highest BCUT2D eigenvalue weighted by molar-refractivity contribution is 5.76. The number of nitrogens with zero attached hydrogens (tertiary/aromatic N) is 1. The van der Waals surface area contributed by atoms with Gasteiger partial charge in [-0.05, 0) is 18.6 Å². The van der Waals surface area contributed by atoms with Crippen molar-refractivity contribution in [1.82, 2.24) is 4.98 Å². The molecule has 1 aromatic heterocycles. The van der Waals surface area contributed by atoms with Gasteiger partial charge in [-0.3, -0.25) is 9.78 Å². The van der Waals surface area contributed by atoms with Crippen LogP contribution in [0.5, 0.6) is 0 Å². The van der Waals surface area contributed by atoms with Gasteiger partial charge in [-0.25, -0.2) is 0 Å². The van der Waals surface area contributed by atoms with Crippen molar-refractivity contribution >= 4 is 6.29 Å². The fourth-order valence-electron chi connectivity index (χ4n) is 0.600. The van der Waals surface area contributed by atoms with Gasteiger partial charge in [0.25, 0.3) is 0 Å². The zero-order valence-electron chi connectivity index (χ0n) is 7.16. The van der Waals surface area contributed by atoms with E-state index in [0.29, 0.717) is 5.56 Å². The largest absolute Gasteiger partial charge is 0.298 e. The van der Waals surface area contributed by atoms with E-state index in [1.54, 1.807) is 12.4 Å². The van der Waals surface area contributed by atoms with Crippen LogP contribution in [0.15, 0.2) is 18.5 Å². The monoisotopic (exact) mass is 151 g/mol. The average molecular weight is 151 g/mol. The smallest absolute Gasteiger partial charge is 0.151 e. The molecule has 2 heteroatoms. The molecular formula is C9H13NO. The van der Waals surface area contributed by atoms with E-state index in [9.17, 15) is 4.79 Å². The first kappa shape index (κ1) is 9.82. The van der Waals surface area contributed by atoms with E-state index in [-0.39, 0.29) is 0 Å². The van der Waals surface area contributed by atoms with E-state index in [1.807, 2.05) is 26.8 Å². The minimum absolute atomic E-state index is 0.664. The Hall–Kier alpha value is -1.18. The molecule has 0 fully saturated rings. The van der Waals surface area contributed by atoms with Gasteiger partial charge in [0.2, 0.25) is 0 Å². The van der Waals surface area contributed by atoms with Crippen LogP contribution in [0.2, 0.25) is 0 Å². The van der Waals surface area contributed by atoms with Gasteiger partial charge >= 0.3 is 0 Å². The molecule has 0 atom stereocenters. The molecule has 11 heavy (non-hydrogen) atoms. The van der Waals surface area contributed by atoms with Crippen molar-refractivity contribution in [3.8, 4) is 0 Å². The van der Waals surface area contributed by atoms with Crippen LogP contribution in [0.25, 0.3) is 0 Å². The van der Waals surface area contributed by atoms with E-state index in [1.165, 1.54) is 0 Å². The summed E-state index contributed by atoms with van der Waals surface area (Å²) in [5.41, 5.74) is 1.64. The minimum atomic E-state index is 0.664. The van der Waals surface area contributed by atoms with Crippen LogP contribution in [0, 0.1) is 6.92 Å². The summed E-state index contributed by atoms with van der Waals surface area (Å²) in [7, 11) is 0. The van der Waals surface area contributed by atoms with Crippen LogP contribution < -0.4 is 0 Å². The predicted molar refractivity (Wildman–Crippen MR) is 45.7 cm³/mol. The van der Waals surface area contributed by atoms with Crippen LogP contribution in [-0.2, 0) is 0 Å². The Kier molecular flexibility index (Phi) is 4.99. The fraction of sp³-hybridized carbons (Fsp3) is 0.333. The molecule has 1 rings (SSSR count). The summed E-state index contributed by atoms with van der Waals surface area (Å²) < 4.78 is 0. The Morgan fingerprint density at radius 1 is 1.45 bits per heavy atom. The van der Waals surface area contributed by atoms with E-state index in [2.05, 4.69) is 4.98 Å². The van der Waals surface area contributed by atoms with E-state index >= 15 is 0 Å². The molecule has 0 radical (unpaired) electrons. The van der Waals surface area contributed by atoms with Crippen molar-refractivity contribution in [3.63, 3.8) is 0 Å². The van der Waals surface area contributed by atoms with Gasteiger partial charge in [0.1, 0.15) is 0 Å². The molecule has 2 nitrogen and oxygen atoms in total. The molecule has 0 amide bonds. The molecule has 0 aliphatic heterocycles. The van der Waals surface area contributed by atoms with Gasteiger partial charge in [0.05, 0.1) is 0 Å². The highest BCUT2D eigenvalue weighted by Gasteiger charge is 1.91. The summed E-state index contributed by atoms with van der Waals surface area (Å²) >= 11 is 0. The van der Waals surface area contributed by atoms with Gasteiger partial charge < -0.3 is 0 Å². The topological polar surface area (TPSA) is 30.0 Å². The molecule has 0 bridgehead atoms. The molecule has 1 aromatic rings. The normalized spacial score (nSPS) is 7.91. The SMILES string of the molecule is CC.Cc1ccncc1C=O. The van der Waals surface area contributed by atoms with Gasteiger partial charge in [-0.2, -0.15) is 0 Å². The fourth-order valence-corrected chi connectivity index (χ4v) is 0.600. The van der Waals surface area contributed by atoms with Gasteiger partial charge in [0.15, 0.2) is 6.29 Å². The second kappa shape index (κ2) is 5.59. The van der Waals surface area contributed by atoms with Crippen LogP contribution >= 0.6 is 0 Å². The number of aromatic nitrogens is 1. The third-order valence-electron chi connectivity index (χ3n) is 1.21. The summed E-state index contributed by atoms with van der Waals surface area (Å²) in [4.78, 5) is 14.0.